The molecule has 6 rings (SSSR count). The topological polar surface area (TPSA) is 13.1 Å². The molecule has 192 valence electrons. The lowest BCUT2D eigenvalue weighted by Crippen LogP contribution is -2.27. The van der Waals surface area contributed by atoms with E-state index >= 15 is 4.39 Å². The van der Waals surface area contributed by atoms with E-state index in [9.17, 15) is 0 Å². The van der Waals surface area contributed by atoms with E-state index in [1.807, 2.05) is 77.1 Å². The first kappa shape index (κ1) is 26.0. The Morgan fingerprint density at radius 2 is 1.82 bits per heavy atom. The van der Waals surface area contributed by atoms with Gasteiger partial charge in [0.05, 0.1) is 11.2 Å². The summed E-state index contributed by atoms with van der Waals surface area (Å²) in [5, 5.41) is 2.79. The smallest absolute Gasteiger partial charge is 0.143 e. The van der Waals surface area contributed by atoms with Gasteiger partial charge in [-0.3, -0.25) is 0 Å². The molecule has 1 aromatic heterocycles. The summed E-state index contributed by atoms with van der Waals surface area (Å²) in [7, 11) is 0. The van der Waals surface area contributed by atoms with E-state index in [0.717, 1.165) is 66.5 Å². The van der Waals surface area contributed by atoms with Crippen molar-refractivity contribution < 1.29 is 8.81 Å². The van der Waals surface area contributed by atoms with Gasteiger partial charge < -0.3 is 4.42 Å². The highest BCUT2D eigenvalue weighted by Gasteiger charge is 2.53. The molecule has 3 aromatic carbocycles. The van der Waals surface area contributed by atoms with Crippen molar-refractivity contribution in [2.24, 2.45) is 0 Å². The average Bonchev–Trinajstić information content (AvgIpc) is 3.52. The number of allylic oxidation sites excluding steroid dienone is 9. The van der Waals surface area contributed by atoms with Gasteiger partial charge >= 0.3 is 0 Å². The summed E-state index contributed by atoms with van der Waals surface area (Å²) in [5.41, 5.74) is 8.96. The first-order chi connectivity index (χ1) is 18.4. The maximum absolute atomic E-state index is 15.0. The van der Waals surface area contributed by atoms with Crippen LogP contribution in [0.5, 0.6) is 0 Å². The van der Waals surface area contributed by atoms with Gasteiger partial charge in [0.25, 0.3) is 0 Å². The molecule has 1 atom stereocenters. The first-order valence-corrected chi connectivity index (χ1v) is 13.7. The van der Waals surface area contributed by atoms with Gasteiger partial charge in [-0.05, 0) is 83.5 Å². The fourth-order valence-corrected chi connectivity index (χ4v) is 6.22. The third-order valence-electron chi connectivity index (χ3n) is 7.69. The van der Waals surface area contributed by atoms with E-state index in [4.69, 9.17) is 16.0 Å². The second kappa shape index (κ2) is 9.93. The zero-order valence-electron chi connectivity index (χ0n) is 22.6. The van der Waals surface area contributed by atoms with Gasteiger partial charge in [0, 0.05) is 21.4 Å². The molecule has 1 nitrogen and oxygen atoms in total. The summed E-state index contributed by atoms with van der Waals surface area (Å²) in [6.07, 6.45) is 8.17. The van der Waals surface area contributed by atoms with Crippen LogP contribution in [0.1, 0.15) is 52.2 Å². The van der Waals surface area contributed by atoms with Gasteiger partial charge in [0.1, 0.15) is 11.2 Å². The van der Waals surface area contributed by atoms with Gasteiger partial charge in [0.2, 0.25) is 0 Å². The van der Waals surface area contributed by atoms with Crippen molar-refractivity contribution in [1.29, 1.82) is 0 Å². The molecule has 0 bridgehead atoms. The summed E-state index contributed by atoms with van der Waals surface area (Å²) in [5.74, 6) is -0.161. The SMILES string of the molecule is C=C1C(C)=C(/C=C(/F)CC)C2(/C1=C/C=C\C)c1cc(Cl)ccc1-c1c2ccc2c1oc1ccccc12.CC. The van der Waals surface area contributed by atoms with Crippen LogP contribution < -0.4 is 0 Å². The van der Waals surface area contributed by atoms with Crippen molar-refractivity contribution >= 4 is 33.5 Å². The molecule has 0 amide bonds. The van der Waals surface area contributed by atoms with Crippen LogP contribution in [0.3, 0.4) is 0 Å². The van der Waals surface area contributed by atoms with E-state index in [-0.39, 0.29) is 5.83 Å². The molecule has 0 fully saturated rings. The Labute approximate surface area is 229 Å². The minimum Gasteiger partial charge on any atom is -0.455 e. The van der Waals surface area contributed by atoms with Crippen LogP contribution in [0.4, 0.5) is 4.39 Å². The summed E-state index contributed by atoms with van der Waals surface area (Å²) in [6.45, 7) is 14.3. The summed E-state index contributed by atoms with van der Waals surface area (Å²) >= 11 is 6.63. The Hall–Kier alpha value is -3.62. The number of hydrogen-bond donors (Lipinski definition) is 0. The Kier molecular flexibility index (Phi) is 6.79. The van der Waals surface area contributed by atoms with Crippen molar-refractivity contribution in [3.05, 3.63) is 130 Å². The van der Waals surface area contributed by atoms with Crippen LogP contribution in [0.2, 0.25) is 5.02 Å². The lowest BCUT2D eigenvalue weighted by molar-refractivity contribution is 0.599. The highest BCUT2D eigenvalue weighted by Crippen LogP contribution is 2.64. The largest absolute Gasteiger partial charge is 0.455 e. The van der Waals surface area contributed by atoms with Gasteiger partial charge in [-0.2, -0.15) is 0 Å². The van der Waals surface area contributed by atoms with Crippen LogP contribution in [0.15, 0.2) is 118 Å². The number of furan rings is 1. The molecule has 2 aliphatic rings. The van der Waals surface area contributed by atoms with Crippen molar-refractivity contribution in [1.82, 2.24) is 0 Å². The number of fused-ring (bicyclic) bond motifs is 9. The molecule has 38 heavy (non-hydrogen) atoms. The van der Waals surface area contributed by atoms with Crippen LogP contribution in [0.25, 0.3) is 33.1 Å². The van der Waals surface area contributed by atoms with Crippen LogP contribution in [0, 0.1) is 0 Å². The molecule has 1 heterocycles. The summed E-state index contributed by atoms with van der Waals surface area (Å²) in [6, 6.07) is 18.4. The molecule has 2 aliphatic carbocycles. The summed E-state index contributed by atoms with van der Waals surface area (Å²) < 4.78 is 21.5. The van der Waals surface area contributed by atoms with E-state index in [0.29, 0.717) is 11.4 Å². The van der Waals surface area contributed by atoms with E-state index < -0.39 is 5.41 Å². The predicted octanol–water partition coefficient (Wildman–Crippen LogP) is 11.2. The molecule has 0 saturated heterocycles. The van der Waals surface area contributed by atoms with Gasteiger partial charge in [-0.25, -0.2) is 4.39 Å². The number of benzene rings is 3. The Morgan fingerprint density at radius 1 is 1.05 bits per heavy atom. The normalized spacial score (nSPS) is 19.7. The second-order valence-electron chi connectivity index (χ2n) is 9.47. The van der Waals surface area contributed by atoms with Crippen molar-refractivity contribution in [3.63, 3.8) is 0 Å². The fraction of sp³-hybridized carbons (Fsp3) is 0.200. The van der Waals surface area contributed by atoms with Gasteiger partial charge in [0.15, 0.2) is 0 Å². The Bertz CT molecular complexity index is 1730. The van der Waals surface area contributed by atoms with Gasteiger partial charge in [-0.15, -0.1) is 0 Å². The van der Waals surface area contributed by atoms with E-state index in [2.05, 4.69) is 36.9 Å². The second-order valence-corrected chi connectivity index (χ2v) is 9.91. The quantitative estimate of drug-likeness (QED) is 0.261. The zero-order chi connectivity index (χ0) is 27.2. The van der Waals surface area contributed by atoms with Gasteiger partial charge in [-0.1, -0.05) is 93.6 Å². The third kappa shape index (κ3) is 3.50. The number of rotatable bonds is 3. The average molecular weight is 523 g/mol. The molecular weight excluding hydrogens is 491 g/mol. The number of para-hydroxylation sites is 1. The predicted molar refractivity (Wildman–Crippen MR) is 161 cm³/mol. The monoisotopic (exact) mass is 522 g/mol. The maximum Gasteiger partial charge on any atom is 0.143 e. The summed E-state index contributed by atoms with van der Waals surface area (Å²) in [4.78, 5) is 0. The molecule has 3 heteroatoms. The molecule has 1 unspecified atom stereocenters. The Balaban J connectivity index is 0.00000144. The highest BCUT2D eigenvalue weighted by molar-refractivity contribution is 6.31. The zero-order valence-corrected chi connectivity index (χ0v) is 23.3. The highest BCUT2D eigenvalue weighted by atomic mass is 35.5. The molecular formula is C35H32ClFO. The van der Waals surface area contributed by atoms with Crippen molar-refractivity contribution in [2.75, 3.05) is 0 Å². The first-order valence-electron chi connectivity index (χ1n) is 13.3. The molecule has 1 spiro atoms. The van der Waals surface area contributed by atoms with Crippen LogP contribution in [-0.4, -0.2) is 0 Å². The fourth-order valence-electron chi connectivity index (χ4n) is 6.05. The number of halogens is 2. The molecule has 0 radical (unpaired) electrons. The van der Waals surface area contributed by atoms with Crippen molar-refractivity contribution in [2.45, 2.75) is 46.5 Å². The van der Waals surface area contributed by atoms with E-state index in [1.54, 1.807) is 6.08 Å². The lowest BCUT2D eigenvalue weighted by Gasteiger charge is -2.32. The van der Waals surface area contributed by atoms with E-state index in [1.165, 1.54) is 0 Å². The Morgan fingerprint density at radius 3 is 2.55 bits per heavy atom. The molecule has 0 saturated carbocycles. The standard InChI is InChI=1S/C33H26ClFO.C2H6/c1-5-7-11-26-19(3)20(4)28(18-22(35)6-2)33(26)27-16-15-24-23-10-8-9-12-30(23)36-32(24)31(27)25-14-13-21(34)17-29(25)33;1-2/h5,7-18H,3,6H2,1-2,4H3;1-2H3/b7-5-,22-18+,26-11+;. The number of hydrogen-bond acceptors (Lipinski definition) is 1. The van der Waals surface area contributed by atoms with Crippen LogP contribution >= 0.6 is 11.6 Å². The minimum atomic E-state index is -0.740. The molecule has 4 aromatic rings. The maximum atomic E-state index is 15.0. The minimum absolute atomic E-state index is 0.161. The van der Waals surface area contributed by atoms with Crippen LogP contribution in [-0.2, 0) is 5.41 Å². The molecule has 0 N–H and O–H groups in total. The molecule has 0 aliphatic heterocycles. The van der Waals surface area contributed by atoms with Crippen molar-refractivity contribution in [3.8, 4) is 11.1 Å². The third-order valence-corrected chi connectivity index (χ3v) is 7.92. The lowest BCUT2D eigenvalue weighted by atomic mass is 9.69.